The molecule has 2 heteroatoms. The first kappa shape index (κ1) is 12.6. The lowest BCUT2D eigenvalue weighted by Gasteiger charge is -2.14. The molecule has 0 amide bonds. The van der Waals surface area contributed by atoms with E-state index in [-0.39, 0.29) is 11.4 Å². The van der Waals surface area contributed by atoms with Crippen molar-refractivity contribution in [1.29, 1.82) is 0 Å². The predicted molar refractivity (Wildman–Crippen MR) is 67.5 cm³/mol. The molecule has 1 N–H and O–H groups in total. The van der Waals surface area contributed by atoms with Crippen LogP contribution < -0.4 is 0 Å². The van der Waals surface area contributed by atoms with Crippen LogP contribution >= 0.6 is 11.8 Å². The van der Waals surface area contributed by atoms with Crippen molar-refractivity contribution in [1.82, 2.24) is 0 Å². The minimum atomic E-state index is -0.264. The van der Waals surface area contributed by atoms with Crippen LogP contribution in [-0.4, -0.2) is 16.5 Å². The van der Waals surface area contributed by atoms with Crippen LogP contribution in [0.3, 0.4) is 0 Å². The Labute approximate surface area is 96.9 Å². The zero-order valence-electron chi connectivity index (χ0n) is 9.90. The lowest BCUT2D eigenvalue weighted by atomic mass is 10.0. The molecule has 15 heavy (non-hydrogen) atoms. The minimum Gasteiger partial charge on any atom is -0.392 e. The first-order valence-electron chi connectivity index (χ1n) is 5.45. The van der Waals surface area contributed by atoms with E-state index in [9.17, 15) is 5.11 Å². The van der Waals surface area contributed by atoms with Gasteiger partial charge in [-0.15, -0.1) is 11.8 Å². The Morgan fingerprint density at radius 3 is 1.93 bits per heavy atom. The minimum absolute atomic E-state index is 0.245. The van der Waals surface area contributed by atoms with E-state index in [0.717, 1.165) is 0 Å². The molecule has 0 aliphatic rings. The lowest BCUT2D eigenvalue weighted by molar-refractivity contribution is 0.196. The predicted octanol–water partition coefficient (Wildman–Crippen LogP) is 3.67. The average Bonchev–Trinajstić information content (AvgIpc) is 2.18. The van der Waals surface area contributed by atoms with Gasteiger partial charge in [-0.1, -0.05) is 32.9 Å². The standard InChI is InChI=1S/C13H20OS/c1-9(2)12-5-7-13(8-6-12)15-11(4)10(3)14/h5-11,14H,1-4H3. The Bertz CT molecular complexity index is 290. The lowest BCUT2D eigenvalue weighted by Crippen LogP contribution is -2.14. The fourth-order valence-corrected chi connectivity index (χ4v) is 2.16. The molecule has 2 atom stereocenters. The van der Waals surface area contributed by atoms with Crippen LogP contribution in [0.4, 0.5) is 0 Å². The highest BCUT2D eigenvalue weighted by Crippen LogP contribution is 2.26. The molecular formula is C13H20OS. The third-order valence-corrected chi connectivity index (χ3v) is 3.86. The van der Waals surface area contributed by atoms with Crippen molar-refractivity contribution in [3.63, 3.8) is 0 Å². The van der Waals surface area contributed by atoms with Crippen LogP contribution in [0, 0.1) is 0 Å². The Kier molecular flexibility index (Phi) is 4.68. The van der Waals surface area contributed by atoms with Gasteiger partial charge in [-0.3, -0.25) is 0 Å². The summed E-state index contributed by atoms with van der Waals surface area (Å²) in [5.74, 6) is 0.582. The number of benzene rings is 1. The fourth-order valence-electron chi connectivity index (χ4n) is 1.24. The van der Waals surface area contributed by atoms with Gasteiger partial charge in [0.1, 0.15) is 0 Å². The number of hydrogen-bond acceptors (Lipinski definition) is 2. The van der Waals surface area contributed by atoms with Crippen molar-refractivity contribution < 1.29 is 5.11 Å². The SMILES string of the molecule is CC(C)c1ccc(SC(C)C(C)O)cc1. The molecule has 1 aromatic rings. The highest BCUT2D eigenvalue weighted by atomic mass is 32.2. The molecular weight excluding hydrogens is 204 g/mol. The van der Waals surface area contributed by atoms with Crippen molar-refractivity contribution in [2.75, 3.05) is 0 Å². The van der Waals surface area contributed by atoms with Crippen molar-refractivity contribution in [2.24, 2.45) is 0 Å². The number of aliphatic hydroxyl groups is 1. The maximum Gasteiger partial charge on any atom is 0.0631 e. The highest BCUT2D eigenvalue weighted by Gasteiger charge is 2.10. The van der Waals surface area contributed by atoms with Crippen LogP contribution in [0.5, 0.6) is 0 Å². The van der Waals surface area contributed by atoms with Crippen LogP contribution in [0.2, 0.25) is 0 Å². The summed E-state index contributed by atoms with van der Waals surface area (Å²) >= 11 is 1.72. The average molecular weight is 224 g/mol. The molecule has 0 spiro atoms. The van der Waals surface area contributed by atoms with E-state index in [4.69, 9.17) is 0 Å². The van der Waals surface area contributed by atoms with Gasteiger partial charge in [0.25, 0.3) is 0 Å². The van der Waals surface area contributed by atoms with Crippen LogP contribution in [0.1, 0.15) is 39.2 Å². The van der Waals surface area contributed by atoms with Gasteiger partial charge in [0.2, 0.25) is 0 Å². The van der Waals surface area contributed by atoms with Gasteiger partial charge in [-0.05, 0) is 30.5 Å². The van der Waals surface area contributed by atoms with Crippen molar-refractivity contribution in [3.8, 4) is 0 Å². The topological polar surface area (TPSA) is 20.2 Å². The Hall–Kier alpha value is -0.470. The van der Waals surface area contributed by atoms with E-state index in [0.29, 0.717) is 5.92 Å². The largest absolute Gasteiger partial charge is 0.392 e. The normalized spacial score (nSPS) is 15.3. The monoisotopic (exact) mass is 224 g/mol. The molecule has 2 unspecified atom stereocenters. The van der Waals surface area contributed by atoms with Crippen molar-refractivity contribution in [3.05, 3.63) is 29.8 Å². The maximum atomic E-state index is 9.40. The van der Waals surface area contributed by atoms with Gasteiger partial charge in [0.15, 0.2) is 0 Å². The summed E-state index contributed by atoms with van der Waals surface area (Å²) in [6.07, 6.45) is -0.264. The van der Waals surface area contributed by atoms with Gasteiger partial charge >= 0.3 is 0 Å². The molecule has 0 saturated carbocycles. The van der Waals surface area contributed by atoms with E-state index in [1.807, 2.05) is 13.8 Å². The maximum absolute atomic E-state index is 9.40. The molecule has 0 saturated heterocycles. The molecule has 1 aromatic carbocycles. The fraction of sp³-hybridized carbons (Fsp3) is 0.538. The molecule has 0 aliphatic heterocycles. The number of hydrogen-bond donors (Lipinski definition) is 1. The Morgan fingerprint density at radius 1 is 1.00 bits per heavy atom. The summed E-state index contributed by atoms with van der Waals surface area (Å²) in [5.41, 5.74) is 1.36. The zero-order chi connectivity index (χ0) is 11.4. The molecule has 0 aromatic heterocycles. The second kappa shape index (κ2) is 5.57. The molecule has 84 valence electrons. The second-order valence-corrected chi connectivity index (χ2v) is 5.74. The zero-order valence-corrected chi connectivity index (χ0v) is 10.7. The quantitative estimate of drug-likeness (QED) is 0.787. The third-order valence-electron chi connectivity index (χ3n) is 2.55. The smallest absolute Gasteiger partial charge is 0.0631 e. The van der Waals surface area contributed by atoms with Crippen LogP contribution in [0.15, 0.2) is 29.2 Å². The van der Waals surface area contributed by atoms with Gasteiger partial charge in [0.05, 0.1) is 6.10 Å². The summed E-state index contributed by atoms with van der Waals surface area (Å²) in [6.45, 7) is 8.27. The van der Waals surface area contributed by atoms with E-state index in [1.165, 1.54) is 10.5 Å². The highest BCUT2D eigenvalue weighted by molar-refractivity contribution is 8.00. The second-order valence-electron chi connectivity index (χ2n) is 4.29. The van der Waals surface area contributed by atoms with E-state index < -0.39 is 0 Å². The first-order chi connectivity index (χ1) is 7.00. The number of aliphatic hydroxyl groups excluding tert-OH is 1. The molecule has 0 radical (unpaired) electrons. The third kappa shape index (κ3) is 3.88. The summed E-state index contributed by atoms with van der Waals surface area (Å²) in [4.78, 5) is 1.23. The molecule has 0 bridgehead atoms. The summed E-state index contributed by atoms with van der Waals surface area (Å²) in [6, 6.07) is 8.61. The van der Waals surface area contributed by atoms with Crippen LogP contribution in [0.25, 0.3) is 0 Å². The van der Waals surface area contributed by atoms with Crippen molar-refractivity contribution in [2.45, 2.75) is 49.9 Å². The van der Waals surface area contributed by atoms with Crippen molar-refractivity contribution >= 4 is 11.8 Å². The van der Waals surface area contributed by atoms with Gasteiger partial charge in [-0.25, -0.2) is 0 Å². The van der Waals surface area contributed by atoms with E-state index >= 15 is 0 Å². The van der Waals surface area contributed by atoms with Gasteiger partial charge in [-0.2, -0.15) is 0 Å². The number of rotatable bonds is 4. The summed E-state index contributed by atoms with van der Waals surface area (Å²) < 4.78 is 0. The molecule has 1 rings (SSSR count). The summed E-state index contributed by atoms with van der Waals surface area (Å²) in [7, 11) is 0. The molecule has 0 heterocycles. The van der Waals surface area contributed by atoms with E-state index in [1.54, 1.807) is 11.8 Å². The molecule has 0 aliphatic carbocycles. The molecule has 1 nitrogen and oxygen atoms in total. The number of thioether (sulfide) groups is 1. The van der Waals surface area contributed by atoms with Gasteiger partial charge < -0.3 is 5.11 Å². The van der Waals surface area contributed by atoms with Crippen LogP contribution in [-0.2, 0) is 0 Å². The van der Waals surface area contributed by atoms with Gasteiger partial charge in [0, 0.05) is 10.1 Å². The Morgan fingerprint density at radius 2 is 1.53 bits per heavy atom. The van der Waals surface area contributed by atoms with E-state index in [2.05, 4.69) is 38.1 Å². The first-order valence-corrected chi connectivity index (χ1v) is 6.33. The Balaban J connectivity index is 2.64. The summed E-state index contributed by atoms with van der Waals surface area (Å²) in [5, 5.41) is 9.65. The molecule has 0 fully saturated rings.